The second-order valence-corrected chi connectivity index (χ2v) is 6.60. The van der Waals surface area contributed by atoms with Crippen LogP contribution in [-0.2, 0) is 13.1 Å². The molecule has 0 fully saturated rings. The smallest absolute Gasteiger partial charge is 0.254 e. The van der Waals surface area contributed by atoms with E-state index in [4.69, 9.17) is 4.42 Å². The van der Waals surface area contributed by atoms with Gasteiger partial charge in [0.15, 0.2) is 0 Å². The van der Waals surface area contributed by atoms with Gasteiger partial charge < -0.3 is 14.2 Å². The van der Waals surface area contributed by atoms with Gasteiger partial charge in [0.25, 0.3) is 5.91 Å². The molecule has 4 nitrogen and oxygen atoms in total. The molecule has 2 aromatic heterocycles. The first kappa shape index (κ1) is 16.3. The van der Waals surface area contributed by atoms with Crippen LogP contribution in [0.5, 0.6) is 0 Å². The standard InChI is InChI=1S/C19H20N2O2S/c1-20(2)17-6-3-5-16(11-17)19(22)21(12-15-8-10-24-14-15)13-18-7-4-9-23-18/h3-11,14H,12-13H2,1-2H3. The lowest BCUT2D eigenvalue weighted by Crippen LogP contribution is -2.30. The fraction of sp³-hybridized carbons (Fsp3) is 0.211. The maximum Gasteiger partial charge on any atom is 0.254 e. The van der Waals surface area contributed by atoms with Crippen molar-refractivity contribution in [3.63, 3.8) is 0 Å². The van der Waals surface area contributed by atoms with Crippen LogP contribution in [0.1, 0.15) is 21.7 Å². The highest BCUT2D eigenvalue weighted by atomic mass is 32.1. The van der Waals surface area contributed by atoms with Gasteiger partial charge >= 0.3 is 0 Å². The van der Waals surface area contributed by atoms with E-state index in [1.807, 2.05) is 71.7 Å². The number of amides is 1. The Bertz CT molecular complexity index is 743. The summed E-state index contributed by atoms with van der Waals surface area (Å²) in [5.41, 5.74) is 2.82. The van der Waals surface area contributed by atoms with Gasteiger partial charge in [0.2, 0.25) is 0 Å². The van der Waals surface area contributed by atoms with E-state index in [9.17, 15) is 4.79 Å². The number of carbonyl (C=O) groups is 1. The van der Waals surface area contributed by atoms with Crippen molar-refractivity contribution in [2.24, 2.45) is 0 Å². The lowest BCUT2D eigenvalue weighted by molar-refractivity contribution is 0.0718. The highest BCUT2D eigenvalue weighted by molar-refractivity contribution is 7.07. The topological polar surface area (TPSA) is 36.7 Å². The van der Waals surface area contributed by atoms with E-state index in [1.54, 1.807) is 17.6 Å². The van der Waals surface area contributed by atoms with Gasteiger partial charge in [-0.1, -0.05) is 6.07 Å². The van der Waals surface area contributed by atoms with E-state index in [2.05, 4.69) is 5.38 Å². The Morgan fingerprint density at radius 2 is 2.00 bits per heavy atom. The highest BCUT2D eigenvalue weighted by Gasteiger charge is 2.18. The zero-order valence-electron chi connectivity index (χ0n) is 13.8. The van der Waals surface area contributed by atoms with Gasteiger partial charge in [0, 0.05) is 31.9 Å². The minimum atomic E-state index is 0.00120. The van der Waals surface area contributed by atoms with Crippen molar-refractivity contribution in [3.05, 3.63) is 76.4 Å². The van der Waals surface area contributed by atoms with E-state index in [1.165, 1.54) is 0 Å². The number of benzene rings is 1. The fourth-order valence-corrected chi connectivity index (χ4v) is 3.15. The van der Waals surface area contributed by atoms with Crippen LogP contribution in [0.4, 0.5) is 5.69 Å². The molecule has 124 valence electrons. The average Bonchev–Trinajstić information content (AvgIpc) is 3.27. The third-order valence-corrected chi connectivity index (χ3v) is 4.51. The number of nitrogens with zero attached hydrogens (tertiary/aromatic N) is 2. The number of thiophene rings is 1. The van der Waals surface area contributed by atoms with Crippen LogP contribution in [0.3, 0.4) is 0 Å². The molecule has 24 heavy (non-hydrogen) atoms. The van der Waals surface area contributed by atoms with E-state index in [-0.39, 0.29) is 5.91 Å². The van der Waals surface area contributed by atoms with Crippen LogP contribution in [0.15, 0.2) is 63.9 Å². The predicted octanol–water partition coefficient (Wildman–Crippen LogP) is 4.25. The van der Waals surface area contributed by atoms with Crippen LogP contribution in [0.25, 0.3) is 0 Å². The summed E-state index contributed by atoms with van der Waals surface area (Å²) in [6, 6.07) is 13.5. The van der Waals surface area contributed by atoms with Crippen LogP contribution in [-0.4, -0.2) is 24.9 Å². The number of hydrogen-bond donors (Lipinski definition) is 0. The molecule has 0 unspecified atom stereocenters. The molecule has 0 aliphatic rings. The van der Waals surface area contributed by atoms with E-state index in [0.29, 0.717) is 18.7 Å². The average molecular weight is 340 g/mol. The summed E-state index contributed by atoms with van der Waals surface area (Å²) in [6.07, 6.45) is 1.63. The summed E-state index contributed by atoms with van der Waals surface area (Å²) in [5.74, 6) is 0.781. The Morgan fingerprint density at radius 3 is 2.67 bits per heavy atom. The summed E-state index contributed by atoms with van der Waals surface area (Å²) < 4.78 is 5.43. The third-order valence-electron chi connectivity index (χ3n) is 3.78. The summed E-state index contributed by atoms with van der Waals surface area (Å²) in [5, 5.41) is 4.09. The molecule has 1 aromatic carbocycles. The molecule has 0 N–H and O–H groups in total. The molecule has 0 saturated carbocycles. The summed E-state index contributed by atoms with van der Waals surface area (Å²) in [6.45, 7) is 1.02. The second kappa shape index (κ2) is 7.36. The minimum absolute atomic E-state index is 0.00120. The second-order valence-electron chi connectivity index (χ2n) is 5.82. The Kier molecular flexibility index (Phi) is 5.01. The summed E-state index contributed by atoms with van der Waals surface area (Å²) in [4.78, 5) is 16.8. The van der Waals surface area contributed by atoms with Crippen molar-refractivity contribution in [1.82, 2.24) is 4.90 Å². The van der Waals surface area contributed by atoms with Crippen LogP contribution < -0.4 is 4.90 Å². The minimum Gasteiger partial charge on any atom is -0.467 e. The Balaban J connectivity index is 1.86. The maximum absolute atomic E-state index is 13.0. The first-order valence-electron chi connectivity index (χ1n) is 7.73. The highest BCUT2D eigenvalue weighted by Crippen LogP contribution is 2.19. The number of furan rings is 1. The predicted molar refractivity (Wildman–Crippen MR) is 97.4 cm³/mol. The number of anilines is 1. The lowest BCUT2D eigenvalue weighted by atomic mass is 10.1. The molecule has 0 spiro atoms. The molecule has 0 atom stereocenters. The van der Waals surface area contributed by atoms with Gasteiger partial charge in [-0.3, -0.25) is 4.79 Å². The van der Waals surface area contributed by atoms with Gasteiger partial charge in [-0.2, -0.15) is 11.3 Å². The van der Waals surface area contributed by atoms with Gasteiger partial charge in [0.1, 0.15) is 5.76 Å². The number of rotatable bonds is 6. The van der Waals surface area contributed by atoms with Crippen molar-refractivity contribution in [3.8, 4) is 0 Å². The van der Waals surface area contributed by atoms with E-state index < -0.39 is 0 Å². The maximum atomic E-state index is 13.0. The Labute approximate surface area is 145 Å². The van der Waals surface area contributed by atoms with Gasteiger partial charge in [0.05, 0.1) is 12.8 Å². The molecule has 0 aliphatic heterocycles. The van der Waals surface area contributed by atoms with Crippen LogP contribution >= 0.6 is 11.3 Å². The molecule has 3 rings (SSSR count). The van der Waals surface area contributed by atoms with Crippen LogP contribution in [0.2, 0.25) is 0 Å². The summed E-state index contributed by atoms with van der Waals surface area (Å²) in [7, 11) is 3.94. The van der Waals surface area contributed by atoms with Crippen molar-refractivity contribution in [2.45, 2.75) is 13.1 Å². The van der Waals surface area contributed by atoms with E-state index in [0.717, 1.165) is 17.0 Å². The monoisotopic (exact) mass is 340 g/mol. The van der Waals surface area contributed by atoms with Crippen LogP contribution in [0, 0.1) is 0 Å². The SMILES string of the molecule is CN(C)c1cccc(C(=O)N(Cc2ccsc2)Cc2ccco2)c1. The Morgan fingerprint density at radius 1 is 1.12 bits per heavy atom. The molecule has 0 saturated heterocycles. The normalized spacial score (nSPS) is 10.6. The zero-order chi connectivity index (χ0) is 16.9. The molecule has 2 heterocycles. The zero-order valence-corrected chi connectivity index (χ0v) is 14.6. The first-order chi connectivity index (χ1) is 11.6. The Hall–Kier alpha value is -2.53. The molecule has 0 aliphatic carbocycles. The van der Waals surface area contributed by atoms with Gasteiger partial charge in [-0.15, -0.1) is 0 Å². The van der Waals surface area contributed by atoms with Crippen molar-refractivity contribution >= 4 is 22.9 Å². The molecule has 5 heteroatoms. The summed E-state index contributed by atoms with van der Waals surface area (Å²) >= 11 is 1.64. The molecule has 0 radical (unpaired) electrons. The quantitative estimate of drug-likeness (QED) is 0.673. The number of hydrogen-bond acceptors (Lipinski definition) is 4. The molecule has 1 amide bonds. The largest absolute Gasteiger partial charge is 0.467 e. The van der Waals surface area contributed by atoms with Crippen molar-refractivity contribution in [1.29, 1.82) is 0 Å². The molecular weight excluding hydrogens is 320 g/mol. The van der Waals surface area contributed by atoms with E-state index >= 15 is 0 Å². The van der Waals surface area contributed by atoms with Gasteiger partial charge in [-0.25, -0.2) is 0 Å². The fourth-order valence-electron chi connectivity index (χ4n) is 2.49. The van der Waals surface area contributed by atoms with Crippen molar-refractivity contribution in [2.75, 3.05) is 19.0 Å². The lowest BCUT2D eigenvalue weighted by Gasteiger charge is -2.22. The van der Waals surface area contributed by atoms with Crippen molar-refractivity contribution < 1.29 is 9.21 Å². The van der Waals surface area contributed by atoms with Gasteiger partial charge in [-0.05, 0) is 52.7 Å². The number of carbonyl (C=O) groups excluding carboxylic acids is 1. The molecule has 0 bridgehead atoms. The molecule has 3 aromatic rings. The third kappa shape index (κ3) is 3.86. The first-order valence-corrected chi connectivity index (χ1v) is 8.68. The molecular formula is C19H20N2O2S.